The first kappa shape index (κ1) is 29.3. The maximum atomic E-state index is 6.65. The minimum Gasteiger partial charge on any atom is -0.402 e. The van der Waals surface area contributed by atoms with Crippen molar-refractivity contribution in [3.05, 3.63) is 88.2 Å². The van der Waals surface area contributed by atoms with Gasteiger partial charge < -0.3 is 4.43 Å². The first-order valence-electron chi connectivity index (χ1n) is 14.9. The molecule has 1 aliphatic carbocycles. The molecule has 1 aliphatic rings. The molecule has 0 N–H and O–H groups in total. The molecule has 1 saturated carbocycles. The SMILES string of the molecule is CCc1cncc(-c2ccc(C(CC)(CC)c3ccc(C#CC4(O[Si](C)(C)C)CCCC4)c(C)c3)cc2C)c1. The Balaban J connectivity index is 1.68. The van der Waals surface area contributed by atoms with Crippen LogP contribution in [0.1, 0.15) is 92.7 Å². The molecule has 1 heterocycles. The van der Waals surface area contributed by atoms with Crippen LogP contribution < -0.4 is 0 Å². The Morgan fingerprint density at radius 3 is 2.08 bits per heavy atom. The number of hydrogen-bond donors (Lipinski definition) is 0. The van der Waals surface area contributed by atoms with E-state index in [2.05, 4.69) is 114 Å². The van der Waals surface area contributed by atoms with Gasteiger partial charge in [-0.15, -0.1) is 0 Å². The van der Waals surface area contributed by atoms with Gasteiger partial charge in [-0.25, -0.2) is 0 Å². The normalized spacial score (nSPS) is 15.2. The van der Waals surface area contributed by atoms with Crippen LogP contribution in [0.15, 0.2) is 54.9 Å². The number of aryl methyl sites for hydroxylation is 3. The molecule has 39 heavy (non-hydrogen) atoms. The van der Waals surface area contributed by atoms with Gasteiger partial charge in [0, 0.05) is 28.9 Å². The maximum absolute atomic E-state index is 6.65. The minimum absolute atomic E-state index is 0.0306. The molecule has 4 rings (SSSR count). The smallest absolute Gasteiger partial charge is 0.185 e. The van der Waals surface area contributed by atoms with E-state index < -0.39 is 8.32 Å². The van der Waals surface area contributed by atoms with Crippen LogP contribution in [0.3, 0.4) is 0 Å². The molecule has 1 aromatic heterocycles. The summed E-state index contributed by atoms with van der Waals surface area (Å²) in [4.78, 5) is 4.49. The summed E-state index contributed by atoms with van der Waals surface area (Å²) < 4.78 is 6.65. The average Bonchev–Trinajstić information content (AvgIpc) is 3.36. The fourth-order valence-electron chi connectivity index (χ4n) is 6.41. The van der Waals surface area contributed by atoms with Gasteiger partial charge in [-0.2, -0.15) is 0 Å². The molecule has 0 saturated heterocycles. The van der Waals surface area contributed by atoms with Crippen molar-refractivity contribution >= 4 is 8.32 Å². The van der Waals surface area contributed by atoms with Crippen molar-refractivity contribution in [2.24, 2.45) is 0 Å². The van der Waals surface area contributed by atoms with E-state index in [4.69, 9.17) is 4.43 Å². The third-order valence-corrected chi connectivity index (χ3v) is 9.62. The highest BCUT2D eigenvalue weighted by Crippen LogP contribution is 2.41. The van der Waals surface area contributed by atoms with Gasteiger partial charge in [-0.3, -0.25) is 4.98 Å². The summed E-state index contributed by atoms with van der Waals surface area (Å²) in [5.74, 6) is 7.18. The van der Waals surface area contributed by atoms with E-state index in [1.54, 1.807) is 0 Å². The second kappa shape index (κ2) is 11.8. The van der Waals surface area contributed by atoms with Crippen LogP contribution >= 0.6 is 0 Å². The Kier molecular flexibility index (Phi) is 8.89. The highest BCUT2D eigenvalue weighted by atomic mass is 28.4. The summed E-state index contributed by atoms with van der Waals surface area (Å²) in [6.45, 7) is 18.1. The van der Waals surface area contributed by atoms with Gasteiger partial charge in [0.25, 0.3) is 0 Å². The summed E-state index contributed by atoms with van der Waals surface area (Å²) >= 11 is 0. The second-order valence-corrected chi connectivity index (χ2v) is 16.9. The van der Waals surface area contributed by atoms with Crippen LogP contribution in [-0.4, -0.2) is 18.9 Å². The van der Waals surface area contributed by atoms with Crippen molar-refractivity contribution in [2.45, 2.75) is 110 Å². The molecular weight excluding hydrogens is 490 g/mol. The van der Waals surface area contributed by atoms with Crippen molar-refractivity contribution in [3.63, 3.8) is 0 Å². The lowest BCUT2D eigenvalue weighted by molar-refractivity contribution is 0.130. The second-order valence-electron chi connectivity index (χ2n) is 12.4. The largest absolute Gasteiger partial charge is 0.402 e. The van der Waals surface area contributed by atoms with Crippen LogP contribution in [0.25, 0.3) is 11.1 Å². The highest BCUT2D eigenvalue weighted by molar-refractivity contribution is 6.69. The van der Waals surface area contributed by atoms with Gasteiger partial charge >= 0.3 is 0 Å². The van der Waals surface area contributed by atoms with Crippen molar-refractivity contribution in [3.8, 4) is 23.0 Å². The predicted molar refractivity (Wildman–Crippen MR) is 169 cm³/mol. The van der Waals surface area contributed by atoms with E-state index in [0.717, 1.165) is 37.7 Å². The molecule has 0 aliphatic heterocycles. The Hall–Kier alpha value is -2.67. The highest BCUT2D eigenvalue weighted by Gasteiger charge is 2.37. The maximum Gasteiger partial charge on any atom is 0.185 e. The van der Waals surface area contributed by atoms with Crippen molar-refractivity contribution in [2.75, 3.05) is 0 Å². The monoisotopic (exact) mass is 537 g/mol. The number of pyridine rings is 1. The van der Waals surface area contributed by atoms with Crippen LogP contribution in [0.2, 0.25) is 19.6 Å². The zero-order chi connectivity index (χ0) is 28.3. The molecule has 0 unspecified atom stereocenters. The quantitative estimate of drug-likeness (QED) is 0.211. The fraction of sp³-hybridized carbons (Fsp3) is 0.472. The topological polar surface area (TPSA) is 22.1 Å². The number of aromatic nitrogens is 1. The summed E-state index contributed by atoms with van der Waals surface area (Å²) in [7, 11) is -1.67. The van der Waals surface area contributed by atoms with Crippen LogP contribution in [-0.2, 0) is 16.3 Å². The molecule has 0 atom stereocenters. The van der Waals surface area contributed by atoms with Crippen molar-refractivity contribution < 1.29 is 4.43 Å². The van der Waals surface area contributed by atoms with Gasteiger partial charge in [0.15, 0.2) is 8.32 Å². The third kappa shape index (κ3) is 6.40. The van der Waals surface area contributed by atoms with E-state index in [1.807, 2.05) is 12.4 Å². The van der Waals surface area contributed by atoms with Crippen LogP contribution in [0.4, 0.5) is 0 Å². The minimum atomic E-state index is -1.67. The third-order valence-electron chi connectivity index (χ3n) is 8.62. The summed E-state index contributed by atoms with van der Waals surface area (Å²) in [6, 6.07) is 16.3. The summed E-state index contributed by atoms with van der Waals surface area (Å²) in [5.41, 5.74) is 9.91. The van der Waals surface area contributed by atoms with E-state index in [-0.39, 0.29) is 11.0 Å². The molecule has 1 fully saturated rings. The number of hydrogen-bond acceptors (Lipinski definition) is 2. The lowest BCUT2D eigenvalue weighted by atomic mass is 9.69. The number of nitrogens with zero attached hydrogens (tertiary/aromatic N) is 1. The first-order chi connectivity index (χ1) is 18.5. The van der Waals surface area contributed by atoms with E-state index >= 15 is 0 Å². The molecule has 0 radical (unpaired) electrons. The lowest BCUT2D eigenvalue weighted by Gasteiger charge is -2.34. The zero-order valence-corrected chi connectivity index (χ0v) is 26.5. The Bertz CT molecular complexity index is 1360. The molecule has 3 heteroatoms. The Morgan fingerprint density at radius 2 is 1.51 bits per heavy atom. The number of rotatable bonds is 8. The van der Waals surface area contributed by atoms with E-state index in [1.165, 1.54) is 51.8 Å². The zero-order valence-electron chi connectivity index (χ0n) is 25.5. The summed E-state index contributed by atoms with van der Waals surface area (Å²) in [5, 5.41) is 0. The average molecular weight is 538 g/mol. The standard InChI is InChI=1S/C36H47NOSi/c1-9-29-24-31(26-37-25-29)34-17-16-33(23-28(34)5)36(10-2,11-3)32-15-14-30(27(4)22-32)18-21-35(19-12-13-20-35)38-39(6,7)8/h14-17,22-26H,9-13,19-20H2,1-8H3. The first-order valence-corrected chi connectivity index (χ1v) is 18.4. The molecule has 3 aromatic rings. The molecule has 206 valence electrons. The predicted octanol–water partition coefficient (Wildman–Crippen LogP) is 9.55. The molecule has 0 bridgehead atoms. The summed E-state index contributed by atoms with van der Waals surface area (Å²) in [6.07, 6.45) is 11.6. The van der Waals surface area contributed by atoms with Gasteiger partial charge in [0.2, 0.25) is 0 Å². The number of benzene rings is 2. The van der Waals surface area contributed by atoms with E-state index in [0.29, 0.717) is 0 Å². The molecule has 0 spiro atoms. The molecule has 2 nitrogen and oxygen atoms in total. The molecular formula is C36H47NOSi. The Labute approximate surface area is 238 Å². The molecule has 0 amide bonds. The molecule has 2 aromatic carbocycles. The van der Waals surface area contributed by atoms with Crippen LogP contribution in [0.5, 0.6) is 0 Å². The van der Waals surface area contributed by atoms with E-state index in [9.17, 15) is 0 Å². The lowest BCUT2D eigenvalue weighted by Crippen LogP contribution is -2.39. The van der Waals surface area contributed by atoms with Gasteiger partial charge in [0.1, 0.15) is 5.60 Å². The van der Waals surface area contributed by atoms with Gasteiger partial charge in [-0.1, -0.05) is 62.9 Å². The van der Waals surface area contributed by atoms with Gasteiger partial charge in [0.05, 0.1) is 0 Å². The van der Waals surface area contributed by atoms with Crippen LogP contribution in [0, 0.1) is 25.7 Å². The van der Waals surface area contributed by atoms with Crippen molar-refractivity contribution in [1.82, 2.24) is 4.98 Å². The van der Waals surface area contributed by atoms with Gasteiger partial charge in [-0.05, 0) is 124 Å². The Morgan fingerprint density at radius 1 is 0.872 bits per heavy atom. The fourth-order valence-corrected chi connectivity index (χ4v) is 7.84. The van der Waals surface area contributed by atoms with Crippen molar-refractivity contribution in [1.29, 1.82) is 0 Å².